The van der Waals surface area contributed by atoms with Crippen molar-refractivity contribution in [1.82, 2.24) is 0 Å². The third-order valence-corrected chi connectivity index (χ3v) is 4.51. The van der Waals surface area contributed by atoms with Crippen molar-refractivity contribution in [2.75, 3.05) is 13.1 Å². The number of nitrogens with zero attached hydrogens (tertiary/aromatic N) is 2. The van der Waals surface area contributed by atoms with Gasteiger partial charge in [-0.1, -0.05) is 60.7 Å². The molecule has 118 valence electrons. The van der Waals surface area contributed by atoms with Crippen LogP contribution in [-0.2, 0) is 12.8 Å². The summed E-state index contributed by atoms with van der Waals surface area (Å²) < 4.78 is 0.902. The Bertz CT molecular complexity index is 585. The summed E-state index contributed by atoms with van der Waals surface area (Å²) in [6, 6.07) is 21.5. The zero-order valence-electron chi connectivity index (χ0n) is 13.6. The third kappa shape index (κ3) is 4.64. The van der Waals surface area contributed by atoms with Crippen LogP contribution in [0, 0.1) is 0 Å². The second kappa shape index (κ2) is 7.89. The molecule has 0 saturated heterocycles. The number of rotatable bonds is 8. The maximum absolute atomic E-state index is 4.35. The summed E-state index contributed by atoms with van der Waals surface area (Å²) in [6.45, 7) is 2.26. The molecule has 0 saturated carbocycles. The Morgan fingerprint density at radius 3 is 1.65 bits per heavy atom. The lowest BCUT2D eigenvalue weighted by Gasteiger charge is -2.27. The summed E-state index contributed by atoms with van der Waals surface area (Å²) in [5.74, 6) is 0. The van der Waals surface area contributed by atoms with Crippen molar-refractivity contribution < 1.29 is 4.48 Å². The van der Waals surface area contributed by atoms with Gasteiger partial charge in [0.05, 0.1) is 19.3 Å². The number of hydrogen-bond acceptors (Lipinski definition) is 1. The van der Waals surface area contributed by atoms with Gasteiger partial charge in [-0.2, -0.15) is 0 Å². The van der Waals surface area contributed by atoms with Crippen LogP contribution in [0.25, 0.3) is 0 Å². The zero-order valence-corrected chi connectivity index (χ0v) is 13.6. The molecule has 2 nitrogen and oxygen atoms in total. The molecule has 0 aromatic heterocycles. The molecule has 0 N–H and O–H groups in total. The third-order valence-electron chi connectivity index (χ3n) is 4.51. The van der Waals surface area contributed by atoms with Crippen LogP contribution < -0.4 is 0 Å². The fourth-order valence-corrected chi connectivity index (χ4v) is 3.20. The van der Waals surface area contributed by atoms with Gasteiger partial charge in [0, 0.05) is 12.8 Å². The molecule has 2 aromatic rings. The normalized spacial score (nSPS) is 15.1. The SMILES string of the molecule is C1=C[N+](CCCc2ccccc2)(CCCc2ccccc2)C=N1. The highest BCUT2D eigenvalue weighted by Gasteiger charge is 2.24. The Labute approximate surface area is 139 Å². The Kier molecular flexibility index (Phi) is 5.38. The molecule has 1 aliphatic rings. The van der Waals surface area contributed by atoms with Crippen molar-refractivity contribution in [3.8, 4) is 0 Å². The number of aliphatic imine (C=N–C) groups is 1. The molecule has 2 aromatic carbocycles. The van der Waals surface area contributed by atoms with E-state index in [1.807, 2.05) is 6.20 Å². The lowest BCUT2D eigenvalue weighted by atomic mass is 10.1. The second-order valence-corrected chi connectivity index (χ2v) is 6.29. The molecule has 0 atom stereocenters. The Balaban J connectivity index is 1.49. The van der Waals surface area contributed by atoms with Crippen LogP contribution >= 0.6 is 0 Å². The van der Waals surface area contributed by atoms with E-state index in [9.17, 15) is 0 Å². The van der Waals surface area contributed by atoms with Gasteiger partial charge in [-0.15, -0.1) is 0 Å². The van der Waals surface area contributed by atoms with Gasteiger partial charge in [-0.3, -0.25) is 4.48 Å². The highest BCUT2D eigenvalue weighted by molar-refractivity contribution is 5.50. The van der Waals surface area contributed by atoms with Crippen LogP contribution in [0.2, 0.25) is 0 Å². The highest BCUT2D eigenvalue weighted by Crippen LogP contribution is 2.16. The summed E-state index contributed by atoms with van der Waals surface area (Å²) in [4.78, 5) is 4.35. The van der Waals surface area contributed by atoms with Gasteiger partial charge < -0.3 is 0 Å². The van der Waals surface area contributed by atoms with Gasteiger partial charge >= 0.3 is 0 Å². The minimum absolute atomic E-state index is 0.902. The van der Waals surface area contributed by atoms with Gasteiger partial charge in [0.1, 0.15) is 6.20 Å². The number of quaternary nitrogens is 1. The Hall–Kier alpha value is -2.19. The quantitative estimate of drug-likeness (QED) is 0.633. The van der Waals surface area contributed by atoms with Crippen molar-refractivity contribution in [1.29, 1.82) is 0 Å². The monoisotopic (exact) mass is 305 g/mol. The van der Waals surface area contributed by atoms with Gasteiger partial charge in [-0.25, -0.2) is 4.99 Å². The molecule has 1 aliphatic heterocycles. The Morgan fingerprint density at radius 1 is 0.696 bits per heavy atom. The molecular weight excluding hydrogens is 280 g/mol. The zero-order chi connectivity index (χ0) is 15.8. The maximum atomic E-state index is 4.35. The van der Waals surface area contributed by atoms with E-state index < -0.39 is 0 Å². The van der Waals surface area contributed by atoms with E-state index in [0.717, 1.165) is 30.4 Å². The number of benzene rings is 2. The molecule has 0 aliphatic carbocycles. The summed E-state index contributed by atoms with van der Waals surface area (Å²) in [5.41, 5.74) is 2.85. The topological polar surface area (TPSA) is 12.4 Å². The van der Waals surface area contributed by atoms with Crippen molar-refractivity contribution in [3.63, 3.8) is 0 Å². The van der Waals surface area contributed by atoms with Crippen molar-refractivity contribution in [2.45, 2.75) is 25.7 Å². The van der Waals surface area contributed by atoms with Crippen molar-refractivity contribution >= 4 is 6.34 Å². The van der Waals surface area contributed by atoms with E-state index >= 15 is 0 Å². The molecule has 0 spiro atoms. The van der Waals surface area contributed by atoms with Crippen LogP contribution in [0.3, 0.4) is 0 Å². The second-order valence-electron chi connectivity index (χ2n) is 6.29. The molecule has 0 amide bonds. The largest absolute Gasteiger partial charge is 0.253 e. The molecule has 0 radical (unpaired) electrons. The lowest BCUT2D eigenvalue weighted by Crippen LogP contribution is -2.41. The van der Waals surface area contributed by atoms with Gasteiger partial charge in [0.15, 0.2) is 6.34 Å². The van der Waals surface area contributed by atoms with Gasteiger partial charge in [-0.05, 0) is 24.0 Å². The molecule has 23 heavy (non-hydrogen) atoms. The molecule has 0 bridgehead atoms. The minimum Gasteiger partial charge on any atom is -0.253 e. The minimum atomic E-state index is 0.902. The molecule has 2 heteroatoms. The van der Waals surface area contributed by atoms with Crippen LogP contribution in [0.5, 0.6) is 0 Å². The van der Waals surface area contributed by atoms with Crippen molar-refractivity contribution in [2.24, 2.45) is 4.99 Å². The molecule has 1 heterocycles. The molecule has 0 fully saturated rings. The lowest BCUT2D eigenvalue weighted by molar-refractivity contribution is -0.780. The van der Waals surface area contributed by atoms with E-state index in [1.54, 1.807) is 0 Å². The highest BCUT2D eigenvalue weighted by atomic mass is 15.4. The standard InChI is InChI=1S/C21H25N2/c1-3-9-20(10-4-1)13-7-16-23(18-15-22-19-23)17-8-14-21-11-5-2-6-12-21/h1-6,9-12,15,18-19H,7-8,13-14,16-17H2/q+1. The van der Waals surface area contributed by atoms with E-state index in [4.69, 9.17) is 0 Å². The first-order valence-electron chi connectivity index (χ1n) is 8.53. The molecule has 3 rings (SSSR count). The average molecular weight is 305 g/mol. The van der Waals surface area contributed by atoms with E-state index in [2.05, 4.69) is 78.2 Å². The predicted molar refractivity (Wildman–Crippen MR) is 97.2 cm³/mol. The van der Waals surface area contributed by atoms with Gasteiger partial charge in [0.2, 0.25) is 0 Å². The number of hydrogen-bond donors (Lipinski definition) is 0. The summed E-state index contributed by atoms with van der Waals surface area (Å²) in [7, 11) is 0. The van der Waals surface area contributed by atoms with Crippen LogP contribution in [0.4, 0.5) is 0 Å². The predicted octanol–water partition coefficient (Wildman–Crippen LogP) is 4.58. The summed E-state index contributed by atoms with van der Waals surface area (Å²) in [5, 5.41) is 0. The number of aryl methyl sites for hydroxylation is 2. The van der Waals surface area contributed by atoms with Crippen molar-refractivity contribution in [3.05, 3.63) is 84.2 Å². The summed E-state index contributed by atoms with van der Waals surface area (Å²) >= 11 is 0. The fourth-order valence-electron chi connectivity index (χ4n) is 3.20. The molecular formula is C21H25N2+. The average Bonchev–Trinajstić information content (AvgIpc) is 3.06. The first-order chi connectivity index (χ1) is 11.4. The van der Waals surface area contributed by atoms with Crippen LogP contribution in [0.15, 0.2) is 78.1 Å². The smallest absolute Gasteiger partial charge is 0.194 e. The first-order valence-corrected chi connectivity index (χ1v) is 8.53. The van der Waals surface area contributed by atoms with E-state index in [-0.39, 0.29) is 0 Å². The summed E-state index contributed by atoms with van der Waals surface area (Å²) in [6.07, 6.45) is 11.0. The van der Waals surface area contributed by atoms with Crippen LogP contribution in [0.1, 0.15) is 24.0 Å². The molecule has 0 unspecified atom stereocenters. The van der Waals surface area contributed by atoms with Crippen LogP contribution in [-0.4, -0.2) is 23.9 Å². The maximum Gasteiger partial charge on any atom is 0.194 e. The van der Waals surface area contributed by atoms with E-state index in [0.29, 0.717) is 0 Å². The van der Waals surface area contributed by atoms with Gasteiger partial charge in [0.25, 0.3) is 0 Å². The first kappa shape index (κ1) is 15.7. The van der Waals surface area contributed by atoms with E-state index in [1.165, 1.54) is 24.0 Å². The Morgan fingerprint density at radius 2 is 1.22 bits per heavy atom. The fraction of sp³-hybridized carbons (Fsp3) is 0.286.